The number of aryl methyl sites for hydroxylation is 2. The molecule has 0 aliphatic rings. The number of nitrogens with zero attached hydrogens (tertiary/aromatic N) is 3. The first kappa shape index (κ1) is 17.5. The van der Waals surface area contributed by atoms with E-state index in [-0.39, 0.29) is 12.2 Å². The first-order valence-electron chi connectivity index (χ1n) is 7.84. The molecule has 24 heavy (non-hydrogen) atoms. The molecule has 6 heteroatoms. The molecule has 0 spiro atoms. The van der Waals surface area contributed by atoms with E-state index in [1.54, 1.807) is 19.1 Å². The van der Waals surface area contributed by atoms with E-state index in [0.29, 0.717) is 11.5 Å². The highest BCUT2D eigenvalue weighted by Crippen LogP contribution is 2.19. The second kappa shape index (κ2) is 7.64. The van der Waals surface area contributed by atoms with E-state index < -0.39 is 5.97 Å². The van der Waals surface area contributed by atoms with Crippen LogP contribution in [0.25, 0.3) is 6.08 Å². The molecule has 0 atom stereocenters. The third-order valence-electron chi connectivity index (χ3n) is 3.73. The van der Waals surface area contributed by atoms with E-state index in [2.05, 4.69) is 16.6 Å². The normalized spacial score (nSPS) is 11.4. The van der Waals surface area contributed by atoms with Gasteiger partial charge in [0.2, 0.25) is 0 Å². The van der Waals surface area contributed by atoms with Crippen molar-refractivity contribution in [1.29, 1.82) is 5.26 Å². The molecule has 2 rings (SSSR count). The van der Waals surface area contributed by atoms with Gasteiger partial charge in [-0.1, -0.05) is 12.1 Å². The predicted octanol–water partition coefficient (Wildman–Crippen LogP) is 3.46. The van der Waals surface area contributed by atoms with E-state index in [9.17, 15) is 10.1 Å². The number of rotatable bonds is 6. The first-order valence-corrected chi connectivity index (χ1v) is 7.84. The fourth-order valence-corrected chi connectivity index (χ4v) is 2.54. The van der Waals surface area contributed by atoms with Crippen molar-refractivity contribution in [3.63, 3.8) is 0 Å². The van der Waals surface area contributed by atoms with Crippen LogP contribution in [0.2, 0.25) is 0 Å². The van der Waals surface area contributed by atoms with Gasteiger partial charge in [0, 0.05) is 24.0 Å². The molecule has 0 bridgehead atoms. The van der Waals surface area contributed by atoms with E-state index in [4.69, 9.17) is 9.26 Å². The lowest BCUT2D eigenvalue weighted by atomic mass is 10.1. The van der Waals surface area contributed by atoms with Crippen molar-refractivity contribution < 1.29 is 14.1 Å². The molecule has 0 saturated carbocycles. The topological polar surface area (TPSA) is 81.0 Å². The summed E-state index contributed by atoms with van der Waals surface area (Å²) in [4.78, 5) is 12.1. The molecule has 0 fully saturated rings. The molecule has 6 nitrogen and oxygen atoms in total. The van der Waals surface area contributed by atoms with E-state index in [1.165, 1.54) is 0 Å². The fourth-order valence-electron chi connectivity index (χ4n) is 2.54. The van der Waals surface area contributed by atoms with Crippen molar-refractivity contribution >= 4 is 12.0 Å². The smallest absolute Gasteiger partial charge is 0.349 e. The van der Waals surface area contributed by atoms with E-state index in [0.717, 1.165) is 29.9 Å². The van der Waals surface area contributed by atoms with Crippen molar-refractivity contribution in [1.82, 2.24) is 9.72 Å². The summed E-state index contributed by atoms with van der Waals surface area (Å²) in [7, 11) is 0. The number of aromatic nitrogens is 2. The number of hydrogen-bond donors (Lipinski definition) is 0. The summed E-state index contributed by atoms with van der Waals surface area (Å²) >= 11 is 0. The fraction of sp³-hybridized carbons (Fsp3) is 0.389. The lowest BCUT2D eigenvalue weighted by Gasteiger charge is -2.07. The second-order valence-electron chi connectivity index (χ2n) is 5.65. The summed E-state index contributed by atoms with van der Waals surface area (Å²) in [5.74, 6) is -0.0288. The highest BCUT2D eigenvalue weighted by molar-refractivity contribution is 5.98. The summed E-state index contributed by atoms with van der Waals surface area (Å²) in [5.41, 5.74) is 3.46. The SMILES string of the molecule is CCCn1c(C)cc(/C=C(\C#N)C(=O)OCc2cc(C)on2)c1C. The number of carbonyl (C=O) groups excluding carboxylic acids is 1. The van der Waals surface area contributed by atoms with Gasteiger partial charge in [-0.05, 0) is 44.9 Å². The van der Waals surface area contributed by atoms with Gasteiger partial charge in [0.15, 0.2) is 0 Å². The molecule has 0 N–H and O–H groups in total. The largest absolute Gasteiger partial charge is 0.455 e. The van der Waals surface area contributed by atoms with E-state index >= 15 is 0 Å². The average molecular weight is 327 g/mol. The molecule has 0 aliphatic heterocycles. The minimum Gasteiger partial charge on any atom is -0.455 e. The summed E-state index contributed by atoms with van der Waals surface area (Å²) in [5, 5.41) is 13.0. The molecule has 126 valence electrons. The Bertz CT molecular complexity index is 806. The molecule has 0 saturated heterocycles. The van der Waals surface area contributed by atoms with Crippen LogP contribution in [0.5, 0.6) is 0 Å². The van der Waals surface area contributed by atoms with Crippen LogP contribution in [0.15, 0.2) is 22.2 Å². The molecule has 0 unspecified atom stereocenters. The Balaban J connectivity index is 2.15. The van der Waals surface area contributed by atoms with Crippen LogP contribution in [0.1, 0.15) is 41.8 Å². The number of esters is 1. The van der Waals surface area contributed by atoms with Gasteiger partial charge in [-0.2, -0.15) is 5.26 Å². The van der Waals surface area contributed by atoms with Crippen molar-refractivity contribution in [2.45, 2.75) is 47.3 Å². The minimum absolute atomic E-state index is 0.0238. The number of carbonyl (C=O) groups is 1. The van der Waals surface area contributed by atoms with Gasteiger partial charge in [-0.25, -0.2) is 4.79 Å². The molecule has 0 radical (unpaired) electrons. The average Bonchev–Trinajstić information content (AvgIpc) is 3.08. The van der Waals surface area contributed by atoms with Crippen LogP contribution >= 0.6 is 0 Å². The quantitative estimate of drug-likeness (QED) is 0.461. The molecule has 2 aromatic heterocycles. The molecule has 0 amide bonds. The number of hydrogen-bond acceptors (Lipinski definition) is 5. The van der Waals surface area contributed by atoms with Gasteiger partial charge in [-0.3, -0.25) is 0 Å². The van der Waals surface area contributed by atoms with Crippen molar-refractivity contribution in [2.75, 3.05) is 0 Å². The Morgan fingerprint density at radius 2 is 2.17 bits per heavy atom. The van der Waals surface area contributed by atoms with Crippen molar-refractivity contribution in [2.24, 2.45) is 0 Å². The summed E-state index contributed by atoms with van der Waals surface area (Å²) in [6, 6.07) is 5.56. The monoisotopic (exact) mass is 327 g/mol. The van der Waals surface area contributed by atoms with Gasteiger partial charge in [0.05, 0.1) is 0 Å². The standard InChI is InChI=1S/C18H21N3O3/c1-5-6-21-12(2)7-15(14(21)4)9-16(10-19)18(22)23-11-17-8-13(3)24-20-17/h7-9H,5-6,11H2,1-4H3/b16-9+. The molecular formula is C18H21N3O3. The molecule has 2 heterocycles. The molecular weight excluding hydrogens is 306 g/mol. The highest BCUT2D eigenvalue weighted by Gasteiger charge is 2.14. The summed E-state index contributed by atoms with van der Waals surface area (Å²) in [6.45, 7) is 8.74. The number of nitriles is 1. The van der Waals surface area contributed by atoms with Crippen LogP contribution in [0.3, 0.4) is 0 Å². The predicted molar refractivity (Wildman–Crippen MR) is 88.8 cm³/mol. The Morgan fingerprint density at radius 1 is 1.42 bits per heavy atom. The Morgan fingerprint density at radius 3 is 2.75 bits per heavy atom. The molecule has 0 aromatic carbocycles. The van der Waals surface area contributed by atoms with Crippen LogP contribution in [0.4, 0.5) is 0 Å². The summed E-state index contributed by atoms with van der Waals surface area (Å²) in [6.07, 6.45) is 2.59. The van der Waals surface area contributed by atoms with Gasteiger partial charge in [-0.15, -0.1) is 0 Å². The van der Waals surface area contributed by atoms with Gasteiger partial charge >= 0.3 is 5.97 Å². The lowest BCUT2D eigenvalue weighted by Crippen LogP contribution is -2.07. The maximum atomic E-state index is 12.1. The Hall–Kier alpha value is -2.81. The molecule has 2 aromatic rings. The zero-order valence-corrected chi connectivity index (χ0v) is 14.4. The Labute approximate surface area is 141 Å². The second-order valence-corrected chi connectivity index (χ2v) is 5.65. The Kier molecular flexibility index (Phi) is 5.59. The van der Waals surface area contributed by atoms with Crippen LogP contribution in [0, 0.1) is 32.1 Å². The van der Waals surface area contributed by atoms with Crippen molar-refractivity contribution in [3.05, 3.63) is 46.1 Å². The third-order valence-corrected chi connectivity index (χ3v) is 3.73. The third kappa shape index (κ3) is 3.93. The maximum Gasteiger partial charge on any atom is 0.349 e. The van der Waals surface area contributed by atoms with Crippen LogP contribution in [-0.4, -0.2) is 15.7 Å². The first-order chi connectivity index (χ1) is 11.5. The van der Waals surface area contributed by atoms with E-state index in [1.807, 2.05) is 26.0 Å². The zero-order chi connectivity index (χ0) is 17.7. The lowest BCUT2D eigenvalue weighted by molar-refractivity contribution is -0.139. The molecule has 0 aliphatic carbocycles. The zero-order valence-electron chi connectivity index (χ0n) is 14.4. The number of ether oxygens (including phenoxy) is 1. The van der Waals surface area contributed by atoms with Crippen LogP contribution < -0.4 is 0 Å². The van der Waals surface area contributed by atoms with Gasteiger partial charge in [0.1, 0.15) is 29.7 Å². The van der Waals surface area contributed by atoms with Gasteiger partial charge < -0.3 is 13.8 Å². The van der Waals surface area contributed by atoms with Crippen molar-refractivity contribution in [3.8, 4) is 6.07 Å². The minimum atomic E-state index is -0.668. The van der Waals surface area contributed by atoms with Gasteiger partial charge in [0.25, 0.3) is 0 Å². The maximum absolute atomic E-state index is 12.1. The highest BCUT2D eigenvalue weighted by atomic mass is 16.5. The van der Waals surface area contributed by atoms with Crippen LogP contribution in [-0.2, 0) is 22.7 Å². The summed E-state index contributed by atoms with van der Waals surface area (Å²) < 4.78 is 12.2.